The van der Waals surface area contributed by atoms with Crippen molar-refractivity contribution in [3.8, 4) is 0 Å². The first-order valence-electron chi connectivity index (χ1n) is 3.80. The van der Waals surface area contributed by atoms with Gasteiger partial charge < -0.3 is 4.52 Å². The van der Waals surface area contributed by atoms with Crippen LogP contribution in [0.5, 0.6) is 0 Å². The molecule has 12 heavy (non-hydrogen) atoms. The second kappa shape index (κ2) is 3.88. The standard InChI is InChI=1S/C9H13O2P/c1-7-4-5-9(8(2)6-7)12(10)11-3/h4-6,12H,1-3H3. The van der Waals surface area contributed by atoms with Gasteiger partial charge in [0.05, 0.1) is 0 Å². The summed E-state index contributed by atoms with van der Waals surface area (Å²) in [6.07, 6.45) is 0. The Morgan fingerprint density at radius 3 is 2.50 bits per heavy atom. The predicted octanol–water partition coefficient (Wildman–Crippen LogP) is 2.05. The van der Waals surface area contributed by atoms with Crippen molar-refractivity contribution in [3.05, 3.63) is 29.3 Å². The summed E-state index contributed by atoms with van der Waals surface area (Å²) in [6, 6.07) is 5.83. The minimum Gasteiger partial charge on any atom is -0.331 e. The van der Waals surface area contributed by atoms with Gasteiger partial charge in [0.25, 0.3) is 0 Å². The van der Waals surface area contributed by atoms with Crippen LogP contribution in [0.2, 0.25) is 0 Å². The highest BCUT2D eigenvalue weighted by Crippen LogP contribution is 2.21. The number of hydrogen-bond acceptors (Lipinski definition) is 2. The van der Waals surface area contributed by atoms with Crippen molar-refractivity contribution < 1.29 is 9.09 Å². The summed E-state index contributed by atoms with van der Waals surface area (Å²) in [5.74, 6) is 0. The van der Waals surface area contributed by atoms with Gasteiger partial charge in [-0.15, -0.1) is 0 Å². The molecule has 1 aromatic rings. The number of aryl methyl sites for hydroxylation is 2. The Hall–Kier alpha value is -0.590. The summed E-state index contributed by atoms with van der Waals surface area (Å²) in [6.45, 7) is 3.96. The van der Waals surface area contributed by atoms with E-state index in [-0.39, 0.29) is 0 Å². The van der Waals surface area contributed by atoms with Gasteiger partial charge in [0.15, 0.2) is 0 Å². The first-order valence-corrected chi connectivity index (χ1v) is 5.12. The van der Waals surface area contributed by atoms with Gasteiger partial charge in [0, 0.05) is 12.4 Å². The van der Waals surface area contributed by atoms with E-state index in [1.807, 2.05) is 32.0 Å². The van der Waals surface area contributed by atoms with Crippen LogP contribution in [0.25, 0.3) is 0 Å². The monoisotopic (exact) mass is 184 g/mol. The second-order valence-corrected chi connectivity index (χ2v) is 4.33. The molecule has 0 aliphatic heterocycles. The van der Waals surface area contributed by atoms with Gasteiger partial charge in [-0.3, -0.25) is 4.57 Å². The lowest BCUT2D eigenvalue weighted by Gasteiger charge is -2.04. The molecule has 1 rings (SSSR count). The lowest BCUT2D eigenvalue weighted by molar-refractivity contribution is 0.423. The van der Waals surface area contributed by atoms with E-state index in [1.54, 1.807) is 0 Å². The average Bonchev–Trinajstić information content (AvgIpc) is 2.03. The number of benzene rings is 1. The number of hydrogen-bond donors (Lipinski definition) is 0. The molecule has 0 aliphatic carbocycles. The van der Waals surface area contributed by atoms with Crippen molar-refractivity contribution in [1.29, 1.82) is 0 Å². The molecular formula is C9H13O2P. The molecule has 0 heterocycles. The Morgan fingerprint density at radius 1 is 1.33 bits per heavy atom. The zero-order valence-corrected chi connectivity index (χ0v) is 8.55. The third-order valence-electron chi connectivity index (χ3n) is 1.79. The summed E-state index contributed by atoms with van der Waals surface area (Å²) in [7, 11) is -0.530. The molecule has 0 N–H and O–H groups in total. The predicted molar refractivity (Wildman–Crippen MR) is 51.6 cm³/mol. The van der Waals surface area contributed by atoms with E-state index in [0.29, 0.717) is 0 Å². The fourth-order valence-electron chi connectivity index (χ4n) is 1.15. The maximum Gasteiger partial charge on any atom is 0.220 e. The molecule has 66 valence electrons. The lowest BCUT2D eigenvalue weighted by atomic mass is 10.2. The average molecular weight is 184 g/mol. The van der Waals surface area contributed by atoms with Crippen LogP contribution in [0.4, 0.5) is 0 Å². The van der Waals surface area contributed by atoms with Crippen LogP contribution in [-0.2, 0) is 9.09 Å². The van der Waals surface area contributed by atoms with Crippen LogP contribution in [0.1, 0.15) is 11.1 Å². The van der Waals surface area contributed by atoms with Crippen molar-refractivity contribution in [2.45, 2.75) is 13.8 Å². The minimum absolute atomic E-state index is 0.827. The van der Waals surface area contributed by atoms with Gasteiger partial charge in [-0.2, -0.15) is 0 Å². The molecule has 0 aliphatic rings. The molecule has 0 aromatic heterocycles. The largest absolute Gasteiger partial charge is 0.331 e. The molecule has 0 saturated heterocycles. The minimum atomic E-state index is -2.00. The Bertz CT molecular complexity index is 307. The van der Waals surface area contributed by atoms with Crippen LogP contribution in [0.15, 0.2) is 18.2 Å². The molecule has 0 radical (unpaired) electrons. The SMILES string of the molecule is CO[PH](=O)c1ccc(C)cc1C. The van der Waals surface area contributed by atoms with Crippen LogP contribution in [0.3, 0.4) is 0 Å². The second-order valence-electron chi connectivity index (χ2n) is 2.81. The van der Waals surface area contributed by atoms with E-state index in [1.165, 1.54) is 12.7 Å². The highest BCUT2D eigenvalue weighted by atomic mass is 31.1. The molecule has 0 saturated carbocycles. The summed E-state index contributed by atoms with van der Waals surface area (Å²) in [5.41, 5.74) is 2.22. The Kier molecular flexibility index (Phi) is 3.07. The molecule has 1 aromatic carbocycles. The van der Waals surface area contributed by atoms with Crippen LogP contribution in [-0.4, -0.2) is 7.11 Å². The van der Waals surface area contributed by atoms with Crippen molar-refractivity contribution >= 4 is 13.3 Å². The maximum absolute atomic E-state index is 11.3. The van der Waals surface area contributed by atoms with Gasteiger partial charge >= 0.3 is 0 Å². The van der Waals surface area contributed by atoms with Gasteiger partial charge in [-0.1, -0.05) is 17.7 Å². The molecule has 0 amide bonds. The van der Waals surface area contributed by atoms with Crippen LogP contribution >= 0.6 is 8.03 Å². The number of rotatable bonds is 2. The third-order valence-corrected chi connectivity index (χ3v) is 3.16. The molecule has 1 atom stereocenters. The molecule has 0 spiro atoms. The van der Waals surface area contributed by atoms with E-state index < -0.39 is 8.03 Å². The molecule has 0 fully saturated rings. The maximum atomic E-state index is 11.3. The fraction of sp³-hybridized carbons (Fsp3) is 0.333. The quantitative estimate of drug-likeness (QED) is 0.657. The highest BCUT2D eigenvalue weighted by molar-refractivity contribution is 7.48. The van der Waals surface area contributed by atoms with Gasteiger partial charge in [0.2, 0.25) is 8.03 Å². The van der Waals surface area contributed by atoms with E-state index in [9.17, 15) is 4.57 Å². The first kappa shape index (κ1) is 9.50. The van der Waals surface area contributed by atoms with E-state index in [0.717, 1.165) is 10.9 Å². The Balaban J connectivity index is 3.09. The first-order chi connectivity index (χ1) is 5.65. The van der Waals surface area contributed by atoms with Crippen molar-refractivity contribution in [1.82, 2.24) is 0 Å². The molecule has 2 nitrogen and oxygen atoms in total. The van der Waals surface area contributed by atoms with Crippen LogP contribution < -0.4 is 5.30 Å². The smallest absolute Gasteiger partial charge is 0.220 e. The van der Waals surface area contributed by atoms with Crippen LogP contribution in [0, 0.1) is 13.8 Å². The van der Waals surface area contributed by atoms with E-state index >= 15 is 0 Å². The van der Waals surface area contributed by atoms with Gasteiger partial charge in [-0.25, -0.2) is 0 Å². The van der Waals surface area contributed by atoms with Crippen molar-refractivity contribution in [2.75, 3.05) is 7.11 Å². The summed E-state index contributed by atoms with van der Waals surface area (Å²) in [4.78, 5) is 0. The Labute approximate surface area is 73.4 Å². The summed E-state index contributed by atoms with van der Waals surface area (Å²) >= 11 is 0. The van der Waals surface area contributed by atoms with E-state index in [2.05, 4.69) is 0 Å². The fourth-order valence-corrected chi connectivity index (χ4v) is 1.99. The summed E-state index contributed by atoms with van der Waals surface area (Å²) in [5, 5.41) is 0.827. The zero-order chi connectivity index (χ0) is 9.14. The molecule has 0 bridgehead atoms. The van der Waals surface area contributed by atoms with Crippen molar-refractivity contribution in [3.63, 3.8) is 0 Å². The molecular weight excluding hydrogens is 171 g/mol. The van der Waals surface area contributed by atoms with E-state index in [4.69, 9.17) is 4.52 Å². The van der Waals surface area contributed by atoms with Gasteiger partial charge in [-0.05, 0) is 25.5 Å². The lowest BCUT2D eigenvalue weighted by Crippen LogP contribution is -2.02. The van der Waals surface area contributed by atoms with Gasteiger partial charge in [0.1, 0.15) is 0 Å². The topological polar surface area (TPSA) is 26.3 Å². The van der Waals surface area contributed by atoms with Crippen molar-refractivity contribution in [2.24, 2.45) is 0 Å². The highest BCUT2D eigenvalue weighted by Gasteiger charge is 2.04. The zero-order valence-electron chi connectivity index (χ0n) is 7.55. The normalized spacial score (nSPS) is 12.9. The molecule has 1 unspecified atom stereocenters. The molecule has 3 heteroatoms. The Morgan fingerprint density at radius 2 is 2.00 bits per heavy atom. The third kappa shape index (κ3) is 1.96. The summed E-state index contributed by atoms with van der Waals surface area (Å²) < 4.78 is 16.1.